The number of hydrogen-bond acceptors (Lipinski definition) is 3. The van der Waals surface area contributed by atoms with Crippen molar-refractivity contribution in [3.05, 3.63) is 48.5 Å². The lowest BCUT2D eigenvalue weighted by Crippen LogP contribution is -2.31. The highest BCUT2D eigenvalue weighted by atomic mass is 16.3. The zero-order valence-electron chi connectivity index (χ0n) is 10.2. The minimum absolute atomic E-state index is 0.0476. The summed E-state index contributed by atoms with van der Waals surface area (Å²) in [7, 11) is 0. The molecule has 4 heteroatoms. The first-order valence-corrected chi connectivity index (χ1v) is 6.41. The van der Waals surface area contributed by atoms with Crippen LogP contribution in [0.3, 0.4) is 0 Å². The summed E-state index contributed by atoms with van der Waals surface area (Å²) in [5, 5.41) is 14.3. The van der Waals surface area contributed by atoms with E-state index in [0.29, 0.717) is 5.92 Å². The second-order valence-corrected chi connectivity index (χ2v) is 4.93. The fourth-order valence-electron chi connectivity index (χ4n) is 2.83. The Morgan fingerprint density at radius 2 is 2.00 bits per heavy atom. The molecule has 3 atom stereocenters. The first kappa shape index (κ1) is 11.4. The third-order valence-electron chi connectivity index (χ3n) is 3.83. The molecule has 0 radical (unpaired) electrons. The SMILES string of the molecule is OC1CCC(c2ccccc2)CC1n1cncn1. The maximum absolute atomic E-state index is 10.1. The third kappa shape index (κ3) is 2.16. The molecule has 0 amide bonds. The first-order valence-electron chi connectivity index (χ1n) is 6.41. The Morgan fingerprint density at radius 3 is 2.72 bits per heavy atom. The van der Waals surface area contributed by atoms with Gasteiger partial charge in [-0.2, -0.15) is 5.10 Å². The highest BCUT2D eigenvalue weighted by Gasteiger charge is 2.31. The van der Waals surface area contributed by atoms with E-state index in [0.717, 1.165) is 19.3 Å². The highest BCUT2D eigenvalue weighted by molar-refractivity contribution is 5.20. The van der Waals surface area contributed by atoms with Crippen molar-refractivity contribution in [2.45, 2.75) is 37.3 Å². The second-order valence-electron chi connectivity index (χ2n) is 4.93. The Bertz CT molecular complexity index is 483. The lowest BCUT2D eigenvalue weighted by atomic mass is 9.80. The van der Waals surface area contributed by atoms with Gasteiger partial charge < -0.3 is 5.11 Å². The minimum Gasteiger partial charge on any atom is -0.391 e. The van der Waals surface area contributed by atoms with E-state index in [9.17, 15) is 5.11 Å². The van der Waals surface area contributed by atoms with E-state index in [4.69, 9.17) is 0 Å². The number of aliphatic hydroxyl groups excluding tert-OH is 1. The van der Waals surface area contributed by atoms with Crippen molar-refractivity contribution in [2.24, 2.45) is 0 Å². The molecule has 1 aliphatic carbocycles. The molecule has 94 valence electrons. The molecule has 1 saturated carbocycles. The van der Waals surface area contributed by atoms with Crippen LogP contribution in [0.5, 0.6) is 0 Å². The van der Waals surface area contributed by atoms with Gasteiger partial charge in [0.2, 0.25) is 0 Å². The number of aliphatic hydroxyl groups is 1. The molecule has 0 bridgehead atoms. The standard InChI is InChI=1S/C14H17N3O/c18-14-7-6-12(11-4-2-1-3-5-11)8-13(14)17-10-15-9-16-17/h1-5,9-10,12-14,18H,6-8H2. The van der Waals surface area contributed by atoms with Crippen LogP contribution in [-0.4, -0.2) is 26.0 Å². The van der Waals surface area contributed by atoms with Gasteiger partial charge in [0.25, 0.3) is 0 Å². The topological polar surface area (TPSA) is 50.9 Å². The second kappa shape index (κ2) is 4.90. The molecule has 1 N–H and O–H groups in total. The van der Waals surface area contributed by atoms with Gasteiger partial charge in [0.05, 0.1) is 12.1 Å². The normalized spacial score (nSPS) is 28.2. The molecule has 0 aliphatic heterocycles. The highest BCUT2D eigenvalue weighted by Crippen LogP contribution is 2.38. The first-order chi connectivity index (χ1) is 8.84. The van der Waals surface area contributed by atoms with E-state index in [1.165, 1.54) is 11.9 Å². The van der Waals surface area contributed by atoms with Crippen molar-refractivity contribution < 1.29 is 5.11 Å². The molecule has 4 nitrogen and oxygen atoms in total. The fourth-order valence-corrected chi connectivity index (χ4v) is 2.83. The van der Waals surface area contributed by atoms with Crippen LogP contribution in [0.15, 0.2) is 43.0 Å². The van der Waals surface area contributed by atoms with Gasteiger partial charge in [-0.15, -0.1) is 0 Å². The van der Waals surface area contributed by atoms with Gasteiger partial charge in [0, 0.05) is 0 Å². The van der Waals surface area contributed by atoms with Crippen LogP contribution in [-0.2, 0) is 0 Å². The monoisotopic (exact) mass is 243 g/mol. The molecule has 1 fully saturated rings. The number of benzene rings is 1. The van der Waals surface area contributed by atoms with Gasteiger partial charge >= 0.3 is 0 Å². The summed E-state index contributed by atoms with van der Waals surface area (Å²) in [6, 6.07) is 10.6. The number of aromatic nitrogens is 3. The molecule has 1 aromatic heterocycles. The Morgan fingerprint density at radius 1 is 1.17 bits per heavy atom. The quantitative estimate of drug-likeness (QED) is 0.879. The van der Waals surface area contributed by atoms with Crippen LogP contribution in [0.4, 0.5) is 0 Å². The summed E-state index contributed by atoms with van der Waals surface area (Å²) >= 11 is 0. The summed E-state index contributed by atoms with van der Waals surface area (Å²) in [6.07, 6.45) is 5.70. The zero-order chi connectivity index (χ0) is 12.4. The minimum atomic E-state index is -0.313. The molecule has 3 unspecified atom stereocenters. The smallest absolute Gasteiger partial charge is 0.137 e. The van der Waals surface area contributed by atoms with E-state index in [1.807, 2.05) is 6.07 Å². The van der Waals surface area contributed by atoms with E-state index in [2.05, 4.69) is 34.3 Å². The average molecular weight is 243 g/mol. The van der Waals surface area contributed by atoms with Gasteiger partial charge in [-0.25, -0.2) is 9.67 Å². The molecular weight excluding hydrogens is 226 g/mol. The Kier molecular flexibility index (Phi) is 3.11. The molecule has 1 aromatic carbocycles. The molecule has 1 aliphatic rings. The zero-order valence-corrected chi connectivity index (χ0v) is 10.2. The average Bonchev–Trinajstić information content (AvgIpc) is 2.94. The number of hydrogen-bond donors (Lipinski definition) is 1. The molecule has 0 saturated heterocycles. The fraction of sp³-hybridized carbons (Fsp3) is 0.429. The van der Waals surface area contributed by atoms with Crippen molar-refractivity contribution in [1.29, 1.82) is 0 Å². The lowest BCUT2D eigenvalue weighted by Gasteiger charge is -2.33. The van der Waals surface area contributed by atoms with Crippen LogP contribution in [0, 0.1) is 0 Å². The van der Waals surface area contributed by atoms with Crippen molar-refractivity contribution in [1.82, 2.24) is 14.8 Å². The van der Waals surface area contributed by atoms with Gasteiger partial charge in [0.15, 0.2) is 0 Å². The van der Waals surface area contributed by atoms with Gasteiger partial charge in [-0.1, -0.05) is 30.3 Å². The van der Waals surface area contributed by atoms with Gasteiger partial charge in [-0.05, 0) is 30.7 Å². The van der Waals surface area contributed by atoms with Crippen LogP contribution in [0.1, 0.15) is 36.8 Å². The van der Waals surface area contributed by atoms with Crippen LogP contribution >= 0.6 is 0 Å². The maximum atomic E-state index is 10.1. The van der Waals surface area contributed by atoms with Gasteiger partial charge in [-0.3, -0.25) is 0 Å². The summed E-state index contributed by atoms with van der Waals surface area (Å²) in [5.74, 6) is 0.504. The molecule has 0 spiro atoms. The molecule has 2 aromatic rings. The van der Waals surface area contributed by atoms with E-state index < -0.39 is 0 Å². The Balaban J connectivity index is 1.80. The lowest BCUT2D eigenvalue weighted by molar-refractivity contribution is 0.0615. The summed E-state index contributed by atoms with van der Waals surface area (Å²) < 4.78 is 1.79. The summed E-state index contributed by atoms with van der Waals surface area (Å²) in [6.45, 7) is 0. The van der Waals surface area contributed by atoms with E-state index in [-0.39, 0.29) is 12.1 Å². The van der Waals surface area contributed by atoms with Crippen LogP contribution in [0.2, 0.25) is 0 Å². The maximum Gasteiger partial charge on any atom is 0.137 e. The van der Waals surface area contributed by atoms with Crippen molar-refractivity contribution in [3.63, 3.8) is 0 Å². The number of nitrogens with zero attached hydrogens (tertiary/aromatic N) is 3. The number of rotatable bonds is 2. The van der Waals surface area contributed by atoms with Crippen molar-refractivity contribution in [2.75, 3.05) is 0 Å². The van der Waals surface area contributed by atoms with E-state index >= 15 is 0 Å². The van der Waals surface area contributed by atoms with Crippen molar-refractivity contribution >= 4 is 0 Å². The molecule has 1 heterocycles. The van der Waals surface area contributed by atoms with Crippen LogP contribution in [0.25, 0.3) is 0 Å². The molecule has 18 heavy (non-hydrogen) atoms. The Labute approximate surface area is 106 Å². The molecular formula is C14H17N3O. The summed E-state index contributed by atoms with van der Waals surface area (Å²) in [4.78, 5) is 3.97. The van der Waals surface area contributed by atoms with Crippen LogP contribution < -0.4 is 0 Å². The van der Waals surface area contributed by atoms with Gasteiger partial charge in [0.1, 0.15) is 12.7 Å². The molecule has 3 rings (SSSR count). The predicted octanol–water partition coefficient (Wildman–Crippen LogP) is 2.15. The van der Waals surface area contributed by atoms with Crippen molar-refractivity contribution in [3.8, 4) is 0 Å². The third-order valence-corrected chi connectivity index (χ3v) is 3.83. The summed E-state index contributed by atoms with van der Waals surface area (Å²) in [5.41, 5.74) is 1.36. The van der Waals surface area contributed by atoms with E-state index in [1.54, 1.807) is 11.0 Å². The largest absolute Gasteiger partial charge is 0.391 e. The Hall–Kier alpha value is -1.68. The predicted molar refractivity (Wildman–Crippen MR) is 68.1 cm³/mol.